The number of alkyl halides is 3. The van der Waals surface area contributed by atoms with Gasteiger partial charge in [-0.2, -0.15) is 31.1 Å². The van der Waals surface area contributed by atoms with Gasteiger partial charge in [-0.1, -0.05) is 18.2 Å². The van der Waals surface area contributed by atoms with Crippen molar-refractivity contribution in [2.24, 2.45) is 0 Å². The summed E-state index contributed by atoms with van der Waals surface area (Å²) in [5.74, 6) is 0.464. The summed E-state index contributed by atoms with van der Waals surface area (Å²) in [6, 6.07) is 4.82. The zero-order valence-corrected chi connectivity index (χ0v) is 9.02. The molecule has 0 aliphatic rings. The Hall–Kier alpha value is -1.41. The standard InChI is InChI=1S/C11H8F3NS/c12-11(13,14)10-4-3-8(2-1-5-16)9(6-10)7-15/h1-4,6,16H,5H2. The molecule has 0 aromatic heterocycles. The van der Waals surface area contributed by atoms with E-state index in [9.17, 15) is 13.2 Å². The number of nitriles is 1. The molecule has 0 atom stereocenters. The Kier molecular flexibility index (Phi) is 4.02. The van der Waals surface area contributed by atoms with Crippen molar-refractivity contribution in [3.63, 3.8) is 0 Å². The average Bonchev–Trinajstić information content (AvgIpc) is 2.24. The van der Waals surface area contributed by atoms with Crippen LogP contribution in [0.5, 0.6) is 0 Å². The molecule has 0 spiro atoms. The first-order chi connectivity index (χ1) is 7.49. The van der Waals surface area contributed by atoms with E-state index in [1.807, 2.05) is 0 Å². The Bertz CT molecular complexity index is 444. The summed E-state index contributed by atoms with van der Waals surface area (Å²) in [6.45, 7) is 0. The molecule has 0 unspecified atom stereocenters. The SMILES string of the molecule is N#Cc1cc(C(F)(F)F)ccc1C=CCS. The highest BCUT2D eigenvalue weighted by molar-refractivity contribution is 7.80. The first-order valence-electron chi connectivity index (χ1n) is 4.38. The van der Waals surface area contributed by atoms with Gasteiger partial charge in [0.15, 0.2) is 0 Å². The summed E-state index contributed by atoms with van der Waals surface area (Å²) in [7, 11) is 0. The highest BCUT2D eigenvalue weighted by Gasteiger charge is 2.30. The van der Waals surface area contributed by atoms with E-state index >= 15 is 0 Å². The van der Waals surface area contributed by atoms with E-state index in [4.69, 9.17) is 5.26 Å². The van der Waals surface area contributed by atoms with E-state index in [1.54, 1.807) is 18.2 Å². The molecule has 16 heavy (non-hydrogen) atoms. The molecule has 0 saturated heterocycles. The van der Waals surface area contributed by atoms with Crippen LogP contribution < -0.4 is 0 Å². The zero-order chi connectivity index (χ0) is 12.2. The Labute approximate surface area is 96.6 Å². The van der Waals surface area contributed by atoms with Gasteiger partial charge in [-0.25, -0.2) is 0 Å². The maximum Gasteiger partial charge on any atom is 0.416 e. The topological polar surface area (TPSA) is 23.8 Å². The largest absolute Gasteiger partial charge is 0.416 e. The number of rotatable bonds is 2. The molecule has 1 aromatic rings. The van der Waals surface area contributed by atoms with Crippen LogP contribution in [0.4, 0.5) is 13.2 Å². The Morgan fingerprint density at radius 2 is 2.06 bits per heavy atom. The molecule has 1 nitrogen and oxygen atoms in total. The van der Waals surface area contributed by atoms with Crippen LogP contribution >= 0.6 is 12.6 Å². The maximum absolute atomic E-state index is 12.3. The lowest BCUT2D eigenvalue weighted by atomic mass is 10.0. The van der Waals surface area contributed by atoms with Crippen LogP contribution in [0.25, 0.3) is 6.08 Å². The molecule has 0 heterocycles. The van der Waals surface area contributed by atoms with E-state index in [1.165, 1.54) is 6.07 Å². The number of benzene rings is 1. The highest BCUT2D eigenvalue weighted by atomic mass is 32.1. The second-order valence-corrected chi connectivity index (χ2v) is 3.36. The summed E-state index contributed by atoms with van der Waals surface area (Å²) in [5, 5.41) is 8.74. The molecule has 84 valence electrons. The fraction of sp³-hybridized carbons (Fsp3) is 0.182. The lowest BCUT2D eigenvalue weighted by Gasteiger charge is -2.07. The summed E-state index contributed by atoms with van der Waals surface area (Å²) in [5.41, 5.74) is -0.343. The van der Waals surface area contributed by atoms with Gasteiger partial charge < -0.3 is 0 Å². The minimum Gasteiger partial charge on any atom is -0.192 e. The average molecular weight is 243 g/mol. The Balaban J connectivity index is 3.18. The van der Waals surface area contributed by atoms with Crippen LogP contribution in [-0.4, -0.2) is 5.75 Å². The van der Waals surface area contributed by atoms with E-state index in [0.29, 0.717) is 11.3 Å². The van der Waals surface area contributed by atoms with Crippen molar-refractivity contribution in [3.8, 4) is 6.07 Å². The lowest BCUT2D eigenvalue weighted by molar-refractivity contribution is -0.137. The van der Waals surface area contributed by atoms with Crippen LogP contribution in [-0.2, 0) is 6.18 Å². The Morgan fingerprint density at radius 3 is 2.56 bits per heavy atom. The normalized spacial score (nSPS) is 11.7. The minimum absolute atomic E-state index is 0.00728. The molecule has 0 radical (unpaired) electrons. The fourth-order valence-electron chi connectivity index (χ4n) is 1.15. The van der Waals surface area contributed by atoms with Gasteiger partial charge in [-0.05, 0) is 17.7 Å². The number of halogens is 3. The Morgan fingerprint density at radius 1 is 1.38 bits per heavy atom. The summed E-state index contributed by atoms with van der Waals surface area (Å²) in [4.78, 5) is 0. The van der Waals surface area contributed by atoms with Gasteiger partial charge in [0, 0.05) is 5.75 Å². The van der Waals surface area contributed by atoms with E-state index in [-0.39, 0.29) is 5.56 Å². The molecule has 0 fully saturated rings. The molecule has 0 aliphatic carbocycles. The van der Waals surface area contributed by atoms with Crippen molar-refractivity contribution in [3.05, 3.63) is 41.0 Å². The van der Waals surface area contributed by atoms with Crippen LogP contribution in [0.1, 0.15) is 16.7 Å². The third-order valence-electron chi connectivity index (χ3n) is 1.90. The fourth-order valence-corrected chi connectivity index (χ4v) is 1.26. The van der Waals surface area contributed by atoms with Crippen molar-refractivity contribution < 1.29 is 13.2 Å². The molecule has 5 heteroatoms. The minimum atomic E-state index is -4.42. The van der Waals surface area contributed by atoms with Gasteiger partial charge in [0.2, 0.25) is 0 Å². The second-order valence-electron chi connectivity index (χ2n) is 3.00. The first kappa shape index (κ1) is 12.7. The third-order valence-corrected chi connectivity index (χ3v) is 2.11. The van der Waals surface area contributed by atoms with Gasteiger partial charge >= 0.3 is 6.18 Å². The monoisotopic (exact) mass is 243 g/mol. The molecular weight excluding hydrogens is 235 g/mol. The third kappa shape index (κ3) is 3.04. The molecular formula is C11H8F3NS. The van der Waals surface area contributed by atoms with E-state index < -0.39 is 11.7 Å². The maximum atomic E-state index is 12.3. The lowest BCUT2D eigenvalue weighted by Crippen LogP contribution is -2.05. The smallest absolute Gasteiger partial charge is 0.192 e. The first-order valence-corrected chi connectivity index (χ1v) is 5.01. The van der Waals surface area contributed by atoms with Gasteiger partial charge in [0.25, 0.3) is 0 Å². The molecule has 0 bridgehead atoms. The molecule has 0 saturated carbocycles. The van der Waals surface area contributed by atoms with E-state index in [0.717, 1.165) is 12.1 Å². The zero-order valence-electron chi connectivity index (χ0n) is 8.12. The van der Waals surface area contributed by atoms with Crippen molar-refractivity contribution in [2.45, 2.75) is 6.18 Å². The van der Waals surface area contributed by atoms with Gasteiger partial charge in [-0.3, -0.25) is 0 Å². The molecule has 0 N–H and O–H groups in total. The van der Waals surface area contributed by atoms with Crippen molar-refractivity contribution in [2.75, 3.05) is 5.75 Å². The van der Waals surface area contributed by atoms with Crippen LogP contribution in [0.15, 0.2) is 24.3 Å². The van der Waals surface area contributed by atoms with Gasteiger partial charge in [0.05, 0.1) is 17.2 Å². The van der Waals surface area contributed by atoms with Crippen LogP contribution in [0.2, 0.25) is 0 Å². The van der Waals surface area contributed by atoms with Gasteiger partial charge in [-0.15, -0.1) is 0 Å². The van der Waals surface area contributed by atoms with Gasteiger partial charge in [0.1, 0.15) is 0 Å². The van der Waals surface area contributed by atoms with Crippen LogP contribution in [0, 0.1) is 11.3 Å². The predicted molar refractivity (Wildman–Crippen MR) is 59.0 cm³/mol. The predicted octanol–water partition coefficient (Wildman–Crippen LogP) is 3.52. The summed E-state index contributed by atoms with van der Waals surface area (Å²) < 4.78 is 37.0. The summed E-state index contributed by atoms with van der Waals surface area (Å²) in [6.07, 6.45) is -1.18. The molecule has 0 aliphatic heterocycles. The van der Waals surface area contributed by atoms with Crippen molar-refractivity contribution >= 4 is 18.7 Å². The highest BCUT2D eigenvalue weighted by Crippen LogP contribution is 2.30. The number of hydrogen-bond acceptors (Lipinski definition) is 2. The van der Waals surface area contributed by atoms with Crippen molar-refractivity contribution in [1.82, 2.24) is 0 Å². The molecule has 1 aromatic carbocycles. The number of hydrogen-bond donors (Lipinski definition) is 1. The summed E-state index contributed by atoms with van der Waals surface area (Å²) >= 11 is 3.93. The van der Waals surface area contributed by atoms with Crippen molar-refractivity contribution in [1.29, 1.82) is 5.26 Å². The number of nitrogens with zero attached hydrogens (tertiary/aromatic N) is 1. The molecule has 1 rings (SSSR count). The second kappa shape index (κ2) is 5.08. The molecule has 0 amide bonds. The quantitative estimate of drug-likeness (QED) is 0.789. The van der Waals surface area contributed by atoms with E-state index in [2.05, 4.69) is 12.6 Å². The van der Waals surface area contributed by atoms with Crippen LogP contribution in [0.3, 0.4) is 0 Å². The number of thiol groups is 1.